The van der Waals surface area contributed by atoms with Crippen molar-refractivity contribution >= 4 is 16.7 Å². The molecule has 8 heteroatoms. The van der Waals surface area contributed by atoms with Gasteiger partial charge in [-0.05, 0) is 61.2 Å². The van der Waals surface area contributed by atoms with Crippen molar-refractivity contribution in [1.29, 1.82) is 0 Å². The summed E-state index contributed by atoms with van der Waals surface area (Å²) >= 11 is 0. The third-order valence-electron chi connectivity index (χ3n) is 8.60. The van der Waals surface area contributed by atoms with Gasteiger partial charge in [0.15, 0.2) is 5.78 Å². The molecule has 1 aliphatic carbocycles. The second-order valence-corrected chi connectivity index (χ2v) is 10.9. The zero-order chi connectivity index (χ0) is 31.0. The first kappa shape index (κ1) is 29.0. The Hall–Kier alpha value is -5.05. The summed E-state index contributed by atoms with van der Waals surface area (Å²) in [6, 6.07) is 12.9. The number of carbonyl (C=O) groups is 1. The normalized spacial score (nSPS) is 16.4. The van der Waals surface area contributed by atoms with Gasteiger partial charge in [0.2, 0.25) is 0 Å². The van der Waals surface area contributed by atoms with Crippen LogP contribution < -0.4 is 19.8 Å². The highest BCUT2D eigenvalue weighted by Crippen LogP contribution is 2.41. The van der Waals surface area contributed by atoms with E-state index in [1.165, 1.54) is 0 Å². The van der Waals surface area contributed by atoms with Crippen LogP contribution >= 0.6 is 0 Å². The number of rotatable bonds is 9. The summed E-state index contributed by atoms with van der Waals surface area (Å²) in [5.41, 5.74) is 3.91. The lowest BCUT2D eigenvalue weighted by Gasteiger charge is -2.32. The van der Waals surface area contributed by atoms with Crippen LogP contribution in [0, 0.1) is 24.7 Å². The van der Waals surface area contributed by atoms with Crippen molar-refractivity contribution < 1.29 is 24.1 Å². The van der Waals surface area contributed by atoms with Crippen molar-refractivity contribution in [2.75, 3.05) is 13.2 Å². The smallest absolute Gasteiger partial charge is 0.254 e. The molecule has 0 amide bonds. The van der Waals surface area contributed by atoms with E-state index in [4.69, 9.17) is 32.0 Å². The molecule has 0 saturated heterocycles. The molecule has 0 bridgehead atoms. The quantitative estimate of drug-likeness (QED) is 0.249. The third-order valence-corrected chi connectivity index (χ3v) is 8.60. The highest BCUT2D eigenvalue weighted by Gasteiger charge is 2.43. The SMILES string of the molecule is C#CCOc1cccc(OCC#C)c1COc1ccc2nc3c(c(CC)c2c1)Cn1c-3cc2c(c1=O)CCC(=O)[C@]2(O)CC. The minimum Gasteiger partial charge on any atom is -0.489 e. The molecule has 2 aromatic carbocycles. The molecule has 8 nitrogen and oxygen atoms in total. The minimum absolute atomic E-state index is 0.0979. The van der Waals surface area contributed by atoms with E-state index in [9.17, 15) is 14.7 Å². The highest BCUT2D eigenvalue weighted by atomic mass is 16.5. The Kier molecular flexibility index (Phi) is 7.63. The van der Waals surface area contributed by atoms with Crippen molar-refractivity contribution in [3.05, 3.63) is 80.6 Å². The van der Waals surface area contributed by atoms with E-state index in [2.05, 4.69) is 18.8 Å². The van der Waals surface area contributed by atoms with Gasteiger partial charge in [0.05, 0.1) is 29.0 Å². The number of hydrogen-bond acceptors (Lipinski definition) is 7. The van der Waals surface area contributed by atoms with Crippen LogP contribution in [0.1, 0.15) is 54.5 Å². The second kappa shape index (κ2) is 11.6. The monoisotopic (exact) mass is 588 g/mol. The molecule has 1 N–H and O–H groups in total. The number of aryl methyl sites for hydroxylation is 1. The molecular weight excluding hydrogens is 556 g/mol. The first-order chi connectivity index (χ1) is 21.3. The molecule has 2 aromatic heterocycles. The van der Waals surface area contributed by atoms with Gasteiger partial charge in [0, 0.05) is 28.5 Å². The van der Waals surface area contributed by atoms with Gasteiger partial charge in [-0.2, -0.15) is 0 Å². The number of pyridine rings is 2. The predicted octanol–water partition coefficient (Wildman–Crippen LogP) is 4.70. The van der Waals surface area contributed by atoms with E-state index >= 15 is 0 Å². The average molecular weight is 589 g/mol. The van der Waals surface area contributed by atoms with Crippen LogP contribution in [0.5, 0.6) is 17.2 Å². The third kappa shape index (κ3) is 4.69. The van der Waals surface area contributed by atoms with Crippen molar-refractivity contribution in [1.82, 2.24) is 9.55 Å². The van der Waals surface area contributed by atoms with Gasteiger partial charge in [-0.1, -0.05) is 31.8 Å². The molecule has 1 atom stereocenters. The van der Waals surface area contributed by atoms with Gasteiger partial charge >= 0.3 is 0 Å². The Labute approximate surface area is 255 Å². The summed E-state index contributed by atoms with van der Waals surface area (Å²) in [5.74, 6) is 6.43. The minimum atomic E-state index is -1.65. The van der Waals surface area contributed by atoms with Crippen LogP contribution in [0.25, 0.3) is 22.3 Å². The first-order valence-electron chi connectivity index (χ1n) is 14.7. The van der Waals surface area contributed by atoms with E-state index in [1.807, 2.05) is 18.2 Å². The molecule has 0 radical (unpaired) electrons. The van der Waals surface area contributed by atoms with E-state index in [1.54, 1.807) is 35.8 Å². The topological polar surface area (TPSA) is 99.9 Å². The fraction of sp³-hybridized carbons (Fsp3) is 0.306. The van der Waals surface area contributed by atoms with Crippen LogP contribution in [0.2, 0.25) is 0 Å². The molecule has 2 aliphatic rings. The molecule has 0 saturated carbocycles. The lowest BCUT2D eigenvalue weighted by molar-refractivity contribution is -0.140. The number of aliphatic hydroxyl groups is 1. The van der Waals surface area contributed by atoms with E-state index in [0.29, 0.717) is 64.7 Å². The number of aromatic nitrogens is 2. The fourth-order valence-corrected chi connectivity index (χ4v) is 6.37. The van der Waals surface area contributed by atoms with Gasteiger partial charge in [-0.3, -0.25) is 9.59 Å². The Morgan fingerprint density at radius 1 is 0.955 bits per heavy atom. The molecule has 44 heavy (non-hydrogen) atoms. The highest BCUT2D eigenvalue weighted by molar-refractivity contribution is 5.92. The van der Waals surface area contributed by atoms with Crippen LogP contribution in [0.4, 0.5) is 0 Å². The Balaban J connectivity index is 1.38. The van der Waals surface area contributed by atoms with Crippen molar-refractivity contribution in [3.8, 4) is 53.3 Å². The molecule has 222 valence electrons. The number of Topliss-reactive ketones (excluding diaryl/α,β-unsaturated/α-hetero) is 1. The number of ketones is 1. The van der Waals surface area contributed by atoms with Gasteiger partial charge in [0.1, 0.15) is 42.7 Å². The molecule has 0 spiro atoms. The summed E-state index contributed by atoms with van der Waals surface area (Å²) in [6.45, 7) is 4.56. The van der Waals surface area contributed by atoms with Gasteiger partial charge in [-0.15, -0.1) is 12.8 Å². The maximum absolute atomic E-state index is 13.7. The maximum Gasteiger partial charge on any atom is 0.254 e. The van der Waals surface area contributed by atoms with Crippen LogP contribution in [-0.2, 0) is 36.4 Å². The number of nitrogens with zero attached hydrogens (tertiary/aromatic N) is 2. The lowest BCUT2D eigenvalue weighted by Crippen LogP contribution is -2.43. The first-order valence-corrected chi connectivity index (χ1v) is 14.7. The number of fused-ring (bicyclic) bond motifs is 5. The van der Waals surface area contributed by atoms with E-state index in [0.717, 1.165) is 22.0 Å². The van der Waals surface area contributed by atoms with Crippen LogP contribution in [0.3, 0.4) is 0 Å². The van der Waals surface area contributed by atoms with Crippen LogP contribution in [0.15, 0.2) is 47.3 Å². The fourth-order valence-electron chi connectivity index (χ4n) is 6.37. The predicted molar refractivity (Wildman–Crippen MR) is 167 cm³/mol. The van der Waals surface area contributed by atoms with E-state index in [-0.39, 0.29) is 44.0 Å². The zero-order valence-electron chi connectivity index (χ0n) is 24.7. The molecule has 3 heterocycles. The number of ether oxygens (including phenoxy) is 3. The molecule has 6 rings (SSSR count). The van der Waals surface area contributed by atoms with Crippen LogP contribution in [-0.4, -0.2) is 33.7 Å². The molecular formula is C36H32N2O6. The standard InChI is InChI=1S/C36H32N2O6/c1-5-16-42-31-10-9-11-32(43-17-6-2)27(31)21-44-22-12-14-29-25(18-22)23(7-3)26-20-38-30(34(26)37-29)19-28-24(35(38)40)13-15-33(39)36(28,41)8-4/h1-2,9-12,14,18-19,41H,7-8,13,15-17,20-21H2,3-4H3/t36-/m0/s1. The zero-order valence-corrected chi connectivity index (χ0v) is 24.7. The summed E-state index contributed by atoms with van der Waals surface area (Å²) in [4.78, 5) is 31.4. The Morgan fingerprint density at radius 2 is 1.68 bits per heavy atom. The number of hydrogen-bond donors (Lipinski definition) is 1. The van der Waals surface area contributed by atoms with Gasteiger partial charge in [0.25, 0.3) is 5.56 Å². The Morgan fingerprint density at radius 3 is 2.34 bits per heavy atom. The average Bonchev–Trinajstić information content (AvgIpc) is 3.41. The molecule has 1 aliphatic heterocycles. The number of terminal acetylenes is 2. The molecule has 4 aromatic rings. The number of benzene rings is 2. The summed E-state index contributed by atoms with van der Waals surface area (Å²) < 4.78 is 19.4. The molecule has 0 unspecified atom stereocenters. The van der Waals surface area contributed by atoms with Gasteiger partial charge in [-0.25, -0.2) is 4.98 Å². The second-order valence-electron chi connectivity index (χ2n) is 10.9. The van der Waals surface area contributed by atoms with Crippen molar-refractivity contribution in [2.24, 2.45) is 0 Å². The number of carbonyl (C=O) groups excluding carboxylic acids is 1. The maximum atomic E-state index is 13.7. The summed E-state index contributed by atoms with van der Waals surface area (Å²) in [6.07, 6.45) is 12.2. The summed E-state index contributed by atoms with van der Waals surface area (Å²) in [7, 11) is 0. The molecule has 0 fully saturated rings. The van der Waals surface area contributed by atoms with E-state index < -0.39 is 5.60 Å². The summed E-state index contributed by atoms with van der Waals surface area (Å²) in [5, 5.41) is 12.2. The van der Waals surface area contributed by atoms with Crippen molar-refractivity contribution in [2.45, 2.75) is 58.3 Å². The van der Waals surface area contributed by atoms with Gasteiger partial charge < -0.3 is 23.9 Å². The lowest BCUT2D eigenvalue weighted by atomic mass is 9.77. The Bertz CT molecular complexity index is 1920. The largest absolute Gasteiger partial charge is 0.489 e. The van der Waals surface area contributed by atoms with Crippen molar-refractivity contribution in [3.63, 3.8) is 0 Å².